The van der Waals surface area contributed by atoms with Crippen LogP contribution in [0.2, 0.25) is 15.1 Å². The first-order valence-corrected chi connectivity index (χ1v) is 9.17. The molecule has 0 heterocycles. The molecule has 0 atom stereocenters. The predicted molar refractivity (Wildman–Crippen MR) is 109 cm³/mol. The average Bonchev–Trinajstić information content (AvgIpc) is 2.60. The highest BCUT2D eigenvalue weighted by atomic mass is 79.9. The van der Waals surface area contributed by atoms with Crippen LogP contribution < -0.4 is 4.74 Å². The first-order chi connectivity index (χ1) is 12.4. The van der Waals surface area contributed by atoms with Crippen LogP contribution in [0.4, 0.5) is 0 Å². The quantitative estimate of drug-likeness (QED) is 0.285. The minimum atomic E-state index is -0.532. The van der Waals surface area contributed by atoms with Crippen LogP contribution in [0.25, 0.3) is 6.08 Å². The largest absolute Gasteiger partial charge is 0.486 e. The van der Waals surface area contributed by atoms with E-state index >= 15 is 0 Å². The third kappa shape index (κ3) is 5.96. The van der Waals surface area contributed by atoms with Gasteiger partial charge in [-0.2, -0.15) is 0 Å². The summed E-state index contributed by atoms with van der Waals surface area (Å²) in [6.45, 7) is 0.192. The average molecular weight is 475 g/mol. The molecule has 3 nitrogen and oxygen atoms in total. The van der Waals surface area contributed by atoms with Crippen molar-refractivity contribution >= 4 is 62.8 Å². The minimum absolute atomic E-state index is 0.0743. The molecule has 0 fully saturated rings. The van der Waals surface area contributed by atoms with Gasteiger partial charge in [-0.15, -0.1) is 6.42 Å². The molecule has 0 aliphatic heterocycles. The van der Waals surface area contributed by atoms with Gasteiger partial charge in [0.1, 0.15) is 6.61 Å². The fourth-order valence-electron chi connectivity index (χ4n) is 1.92. The van der Waals surface area contributed by atoms with Crippen molar-refractivity contribution in [1.29, 1.82) is 0 Å². The van der Waals surface area contributed by atoms with E-state index in [0.717, 1.165) is 5.56 Å². The molecule has 0 aliphatic rings. The molecule has 134 valence electrons. The summed E-state index contributed by atoms with van der Waals surface area (Å²) in [5.74, 6) is 2.16. The number of carbonyl (C=O) groups is 1. The third-order valence-corrected chi connectivity index (χ3v) is 4.71. The Labute approximate surface area is 175 Å². The van der Waals surface area contributed by atoms with E-state index in [0.29, 0.717) is 30.9 Å². The van der Waals surface area contributed by atoms with Gasteiger partial charge in [0.15, 0.2) is 12.4 Å². The van der Waals surface area contributed by atoms with Gasteiger partial charge in [-0.25, -0.2) is 4.79 Å². The summed E-state index contributed by atoms with van der Waals surface area (Å²) in [5, 5.41) is 1.32. The van der Waals surface area contributed by atoms with Gasteiger partial charge in [-0.1, -0.05) is 46.8 Å². The van der Waals surface area contributed by atoms with Gasteiger partial charge in [-0.05, 0) is 57.4 Å². The number of rotatable bonds is 6. The molecule has 0 saturated heterocycles. The van der Waals surface area contributed by atoms with E-state index in [1.165, 1.54) is 6.08 Å². The van der Waals surface area contributed by atoms with Gasteiger partial charge in [0, 0.05) is 6.08 Å². The van der Waals surface area contributed by atoms with Crippen molar-refractivity contribution in [3.63, 3.8) is 0 Å². The highest BCUT2D eigenvalue weighted by Gasteiger charge is 2.10. The number of esters is 1. The molecule has 0 saturated carbocycles. The van der Waals surface area contributed by atoms with Gasteiger partial charge >= 0.3 is 5.97 Å². The van der Waals surface area contributed by atoms with E-state index in [1.807, 2.05) is 6.07 Å². The van der Waals surface area contributed by atoms with Crippen molar-refractivity contribution in [2.45, 2.75) is 6.61 Å². The van der Waals surface area contributed by atoms with Gasteiger partial charge in [0.25, 0.3) is 0 Å². The Balaban J connectivity index is 2.09. The molecule has 2 rings (SSSR count). The van der Waals surface area contributed by atoms with E-state index < -0.39 is 5.97 Å². The second-order valence-corrected chi connectivity index (χ2v) is 7.07. The molecular formula is C19H12BrCl3O3. The predicted octanol–water partition coefficient (Wildman–Crippen LogP) is 6.18. The molecule has 0 aliphatic carbocycles. The van der Waals surface area contributed by atoms with Crippen molar-refractivity contribution in [3.8, 4) is 18.1 Å². The lowest BCUT2D eigenvalue weighted by atomic mass is 10.2. The van der Waals surface area contributed by atoms with Crippen LogP contribution in [-0.2, 0) is 16.1 Å². The van der Waals surface area contributed by atoms with Gasteiger partial charge < -0.3 is 9.47 Å². The maximum absolute atomic E-state index is 11.4. The molecule has 0 amide bonds. The number of carbonyl (C=O) groups excluding carboxylic acids is 1. The zero-order valence-electron chi connectivity index (χ0n) is 13.3. The van der Waals surface area contributed by atoms with Gasteiger partial charge in [-0.3, -0.25) is 0 Å². The highest BCUT2D eigenvalue weighted by Crippen LogP contribution is 2.35. The van der Waals surface area contributed by atoms with Crippen LogP contribution in [0.15, 0.2) is 40.9 Å². The molecule has 26 heavy (non-hydrogen) atoms. The second kappa shape index (κ2) is 9.89. The number of terminal acetylenes is 1. The molecular weight excluding hydrogens is 462 g/mol. The molecule has 0 spiro atoms. The number of hydrogen-bond donors (Lipinski definition) is 0. The van der Waals surface area contributed by atoms with Crippen molar-refractivity contribution in [1.82, 2.24) is 0 Å². The van der Waals surface area contributed by atoms with Crippen LogP contribution >= 0.6 is 50.7 Å². The Bertz CT molecular complexity index is 865. The summed E-state index contributed by atoms with van der Waals surface area (Å²) in [6.07, 6.45) is 7.86. The van der Waals surface area contributed by atoms with Crippen molar-refractivity contribution in [2.24, 2.45) is 0 Å². The normalized spacial score (nSPS) is 10.6. The fraction of sp³-hybridized carbons (Fsp3) is 0.105. The van der Waals surface area contributed by atoms with E-state index in [2.05, 4.69) is 21.9 Å². The smallest absolute Gasteiger partial charge is 0.331 e. The molecule has 0 aromatic heterocycles. The van der Waals surface area contributed by atoms with Gasteiger partial charge in [0.05, 0.1) is 19.5 Å². The molecule has 0 bridgehead atoms. The Kier molecular flexibility index (Phi) is 7.86. The first kappa shape index (κ1) is 20.7. The Morgan fingerprint density at radius 3 is 2.58 bits per heavy atom. The minimum Gasteiger partial charge on any atom is -0.486 e. The van der Waals surface area contributed by atoms with Gasteiger partial charge in [0.2, 0.25) is 0 Å². The van der Waals surface area contributed by atoms with Crippen molar-refractivity contribution in [3.05, 3.63) is 67.1 Å². The van der Waals surface area contributed by atoms with Crippen molar-refractivity contribution < 1.29 is 14.3 Å². The maximum Gasteiger partial charge on any atom is 0.331 e. The molecule has 0 unspecified atom stereocenters. The van der Waals surface area contributed by atoms with Crippen molar-refractivity contribution in [2.75, 3.05) is 6.61 Å². The Hall–Kier alpha value is -1.64. The Morgan fingerprint density at radius 2 is 1.92 bits per heavy atom. The van der Waals surface area contributed by atoms with E-state index in [9.17, 15) is 4.79 Å². The molecule has 2 aromatic carbocycles. The summed E-state index contributed by atoms with van der Waals surface area (Å²) >= 11 is 21.6. The second-order valence-electron chi connectivity index (χ2n) is 5.00. The monoisotopic (exact) mass is 472 g/mol. The van der Waals surface area contributed by atoms with E-state index in [4.69, 9.17) is 50.7 Å². The number of halogens is 4. The van der Waals surface area contributed by atoms with Crippen LogP contribution in [0.5, 0.6) is 5.75 Å². The zero-order valence-corrected chi connectivity index (χ0v) is 17.1. The summed E-state index contributed by atoms with van der Waals surface area (Å²) in [4.78, 5) is 11.4. The zero-order chi connectivity index (χ0) is 19.1. The Morgan fingerprint density at radius 1 is 1.15 bits per heavy atom. The van der Waals surface area contributed by atoms with Crippen LogP contribution in [0, 0.1) is 12.3 Å². The van der Waals surface area contributed by atoms with E-state index in [-0.39, 0.29) is 13.2 Å². The van der Waals surface area contributed by atoms with Crippen LogP contribution in [-0.4, -0.2) is 12.6 Å². The van der Waals surface area contributed by atoms with Crippen LogP contribution in [0.3, 0.4) is 0 Å². The molecule has 0 radical (unpaired) electrons. The molecule has 2 aromatic rings. The molecule has 7 heteroatoms. The number of ether oxygens (including phenoxy) is 2. The number of hydrogen-bond acceptors (Lipinski definition) is 3. The lowest BCUT2D eigenvalue weighted by Gasteiger charge is -2.11. The topological polar surface area (TPSA) is 35.5 Å². The highest BCUT2D eigenvalue weighted by molar-refractivity contribution is 9.10. The lowest BCUT2D eigenvalue weighted by molar-refractivity contribution is -0.136. The SMILES string of the molecule is C#CCOC(=O)/C=C/c1cc(Cl)c(OCc2ccc(Cl)c(Cl)c2)c(Br)c1. The van der Waals surface area contributed by atoms with E-state index in [1.54, 1.807) is 30.3 Å². The summed E-state index contributed by atoms with van der Waals surface area (Å²) in [6, 6.07) is 8.68. The summed E-state index contributed by atoms with van der Waals surface area (Å²) in [7, 11) is 0. The standard InChI is InChI=1S/C19H12BrCl3O3/c1-2-7-25-18(24)6-4-12-8-14(20)19(17(23)9-12)26-11-13-3-5-15(21)16(22)10-13/h1,3-6,8-10H,7,11H2/b6-4+. The fourth-order valence-corrected chi connectivity index (χ4v) is 3.23. The van der Waals surface area contributed by atoms with Crippen LogP contribution in [0.1, 0.15) is 11.1 Å². The summed E-state index contributed by atoms with van der Waals surface area (Å²) in [5.41, 5.74) is 1.55. The summed E-state index contributed by atoms with van der Waals surface area (Å²) < 4.78 is 11.2. The maximum atomic E-state index is 11.4. The lowest BCUT2D eigenvalue weighted by Crippen LogP contribution is -2.00. The third-order valence-electron chi connectivity index (χ3n) is 3.10. The first-order valence-electron chi connectivity index (χ1n) is 7.24. The number of benzene rings is 2. The molecule has 0 N–H and O–H groups in total.